The van der Waals surface area contributed by atoms with Gasteiger partial charge >= 0.3 is 0 Å². The van der Waals surface area contributed by atoms with Gasteiger partial charge in [-0.2, -0.15) is 0 Å². The Balaban J connectivity index is 2.16. The van der Waals surface area contributed by atoms with Crippen molar-refractivity contribution in [2.24, 2.45) is 10.9 Å². The molecular weight excluding hydrogens is 333 g/mol. The van der Waals surface area contributed by atoms with E-state index in [2.05, 4.69) is 21.1 Å². The van der Waals surface area contributed by atoms with Crippen LogP contribution in [0.25, 0.3) is 0 Å². The van der Waals surface area contributed by atoms with Crippen LogP contribution in [0, 0.1) is 5.82 Å². The van der Waals surface area contributed by atoms with Gasteiger partial charge in [-0.05, 0) is 18.2 Å². The molecule has 1 heterocycles. The number of hydrogen-bond donors (Lipinski definition) is 2. The Hall–Kier alpha value is -1.67. The predicted molar refractivity (Wildman–Crippen MR) is 73.2 cm³/mol. The minimum Gasteiger partial charge on any atom is -0.409 e. The Morgan fingerprint density at radius 2 is 2.35 bits per heavy atom. The van der Waals surface area contributed by atoms with Crippen molar-refractivity contribution in [1.29, 1.82) is 0 Å². The number of amides is 1. The average molecular weight is 346 g/mol. The standard InChI is InChI=1S/C12H13BrFN3O3/c13-7-1-2-8(9(14)5-7)12(18)17-3-4-20-10(6-17)11(15)16-19/h1-2,5,10,19H,3-4,6H2,(H2,15,16). The molecule has 2 rings (SSSR count). The van der Waals surface area contributed by atoms with Crippen molar-refractivity contribution >= 4 is 27.7 Å². The van der Waals surface area contributed by atoms with Crippen LogP contribution >= 0.6 is 15.9 Å². The summed E-state index contributed by atoms with van der Waals surface area (Å²) < 4.78 is 19.6. The number of carbonyl (C=O) groups excluding carboxylic acids is 1. The molecule has 8 heteroatoms. The first-order valence-corrected chi connectivity index (χ1v) is 6.65. The molecule has 1 aliphatic heterocycles. The van der Waals surface area contributed by atoms with Crippen molar-refractivity contribution < 1.29 is 19.1 Å². The summed E-state index contributed by atoms with van der Waals surface area (Å²) in [5, 5.41) is 11.5. The zero-order chi connectivity index (χ0) is 14.7. The molecule has 0 spiro atoms. The van der Waals surface area contributed by atoms with Gasteiger partial charge < -0.3 is 20.6 Å². The van der Waals surface area contributed by atoms with Crippen LogP contribution < -0.4 is 5.73 Å². The Kier molecular flexibility index (Phi) is 4.56. The largest absolute Gasteiger partial charge is 0.409 e. The average Bonchev–Trinajstić information content (AvgIpc) is 2.46. The Morgan fingerprint density at radius 3 is 3.00 bits per heavy atom. The SMILES string of the molecule is NC(=NO)C1CN(C(=O)c2ccc(Br)cc2F)CCO1. The number of carbonyl (C=O) groups is 1. The van der Waals surface area contributed by atoms with Crippen molar-refractivity contribution in [3.8, 4) is 0 Å². The number of ether oxygens (including phenoxy) is 1. The van der Waals surface area contributed by atoms with Gasteiger partial charge in [0.1, 0.15) is 11.9 Å². The van der Waals surface area contributed by atoms with Crippen molar-refractivity contribution in [3.05, 3.63) is 34.1 Å². The van der Waals surface area contributed by atoms with E-state index in [1.165, 1.54) is 17.0 Å². The molecule has 3 N–H and O–H groups in total. The third-order valence-corrected chi connectivity index (χ3v) is 3.45. The second-order valence-corrected chi connectivity index (χ2v) is 5.18. The molecule has 1 aromatic carbocycles. The Labute approximate surface area is 123 Å². The second-order valence-electron chi connectivity index (χ2n) is 4.26. The van der Waals surface area contributed by atoms with E-state index in [9.17, 15) is 9.18 Å². The summed E-state index contributed by atoms with van der Waals surface area (Å²) in [5.74, 6) is -1.16. The second kappa shape index (κ2) is 6.19. The fourth-order valence-corrected chi connectivity index (χ4v) is 2.24. The van der Waals surface area contributed by atoms with E-state index in [4.69, 9.17) is 15.7 Å². The van der Waals surface area contributed by atoms with E-state index < -0.39 is 17.8 Å². The highest BCUT2D eigenvalue weighted by atomic mass is 79.9. The summed E-state index contributed by atoms with van der Waals surface area (Å²) in [4.78, 5) is 13.7. The van der Waals surface area contributed by atoms with E-state index in [1.54, 1.807) is 6.07 Å². The van der Waals surface area contributed by atoms with Gasteiger partial charge in [-0.3, -0.25) is 4.79 Å². The van der Waals surface area contributed by atoms with Gasteiger partial charge in [0.25, 0.3) is 5.91 Å². The van der Waals surface area contributed by atoms with E-state index >= 15 is 0 Å². The van der Waals surface area contributed by atoms with Gasteiger partial charge in [-0.25, -0.2) is 4.39 Å². The van der Waals surface area contributed by atoms with Gasteiger partial charge in [-0.15, -0.1) is 0 Å². The Morgan fingerprint density at radius 1 is 1.60 bits per heavy atom. The minimum atomic E-state index is -0.684. The summed E-state index contributed by atoms with van der Waals surface area (Å²) in [6.45, 7) is 0.679. The molecule has 0 aliphatic carbocycles. The molecule has 1 unspecified atom stereocenters. The first-order valence-electron chi connectivity index (χ1n) is 5.86. The number of amidine groups is 1. The van der Waals surface area contributed by atoms with E-state index in [0.717, 1.165) is 0 Å². The van der Waals surface area contributed by atoms with Crippen LogP contribution in [0.4, 0.5) is 4.39 Å². The maximum atomic E-state index is 13.8. The molecule has 20 heavy (non-hydrogen) atoms. The van der Waals surface area contributed by atoms with Gasteiger partial charge in [-0.1, -0.05) is 21.1 Å². The van der Waals surface area contributed by atoms with Crippen LogP contribution in [-0.4, -0.2) is 47.7 Å². The maximum absolute atomic E-state index is 13.8. The molecular formula is C12H13BrFN3O3. The summed E-state index contributed by atoms with van der Waals surface area (Å²) in [6, 6.07) is 4.24. The number of nitrogens with two attached hydrogens (primary N) is 1. The van der Waals surface area contributed by atoms with Crippen molar-refractivity contribution in [2.45, 2.75) is 6.10 Å². The highest BCUT2D eigenvalue weighted by Crippen LogP contribution is 2.18. The fourth-order valence-electron chi connectivity index (χ4n) is 1.91. The Bertz CT molecular complexity index is 553. The van der Waals surface area contributed by atoms with Crippen molar-refractivity contribution in [2.75, 3.05) is 19.7 Å². The van der Waals surface area contributed by atoms with Gasteiger partial charge in [0.05, 0.1) is 18.7 Å². The lowest BCUT2D eigenvalue weighted by Gasteiger charge is -2.32. The summed E-state index contributed by atoms with van der Waals surface area (Å²) in [6.07, 6.45) is -0.684. The number of halogens is 2. The third kappa shape index (κ3) is 3.07. The number of morpholine rings is 1. The molecule has 1 fully saturated rings. The lowest BCUT2D eigenvalue weighted by atomic mass is 10.1. The lowest BCUT2D eigenvalue weighted by molar-refractivity contribution is 0.00654. The summed E-state index contributed by atoms with van der Waals surface area (Å²) in [7, 11) is 0. The van der Waals surface area contributed by atoms with Crippen LogP contribution in [0.5, 0.6) is 0 Å². The molecule has 1 aromatic rings. The number of benzene rings is 1. The summed E-state index contributed by atoms with van der Waals surface area (Å²) in [5.41, 5.74) is 5.44. The monoisotopic (exact) mass is 345 g/mol. The highest BCUT2D eigenvalue weighted by molar-refractivity contribution is 9.10. The minimum absolute atomic E-state index is 0.0200. The summed E-state index contributed by atoms with van der Waals surface area (Å²) >= 11 is 3.13. The normalized spacial score (nSPS) is 20.0. The van der Waals surface area contributed by atoms with Crippen molar-refractivity contribution in [1.82, 2.24) is 4.90 Å². The molecule has 1 aliphatic rings. The molecule has 108 valence electrons. The molecule has 1 atom stereocenters. The third-order valence-electron chi connectivity index (χ3n) is 2.96. The quantitative estimate of drug-likeness (QED) is 0.364. The van der Waals surface area contributed by atoms with Crippen molar-refractivity contribution in [3.63, 3.8) is 0 Å². The lowest BCUT2D eigenvalue weighted by Crippen LogP contribution is -2.50. The smallest absolute Gasteiger partial charge is 0.257 e. The molecule has 0 radical (unpaired) electrons. The molecule has 0 aromatic heterocycles. The van der Waals surface area contributed by atoms with Crippen LogP contribution in [-0.2, 0) is 4.74 Å². The number of hydrogen-bond acceptors (Lipinski definition) is 4. The first kappa shape index (κ1) is 14.7. The molecule has 0 bridgehead atoms. The zero-order valence-electron chi connectivity index (χ0n) is 10.4. The number of nitrogens with zero attached hydrogens (tertiary/aromatic N) is 2. The predicted octanol–water partition coefficient (Wildman–Crippen LogP) is 1.18. The molecule has 6 nitrogen and oxygen atoms in total. The highest BCUT2D eigenvalue weighted by Gasteiger charge is 2.28. The number of oxime groups is 1. The molecule has 0 saturated carbocycles. The van der Waals surface area contributed by atoms with Crippen LogP contribution in [0.3, 0.4) is 0 Å². The van der Waals surface area contributed by atoms with Gasteiger partial charge in [0, 0.05) is 11.0 Å². The number of rotatable bonds is 2. The van der Waals surface area contributed by atoms with E-state index in [0.29, 0.717) is 11.0 Å². The maximum Gasteiger partial charge on any atom is 0.257 e. The first-order chi connectivity index (χ1) is 9.52. The van der Waals surface area contributed by atoms with Crippen LogP contribution in [0.1, 0.15) is 10.4 Å². The van der Waals surface area contributed by atoms with Gasteiger partial charge in [0.15, 0.2) is 5.84 Å². The van der Waals surface area contributed by atoms with E-state index in [1.807, 2.05) is 0 Å². The van der Waals surface area contributed by atoms with Gasteiger partial charge in [0.2, 0.25) is 0 Å². The topological polar surface area (TPSA) is 88.2 Å². The van der Waals surface area contributed by atoms with E-state index in [-0.39, 0.29) is 24.6 Å². The van der Waals surface area contributed by atoms with Crippen LogP contribution in [0.15, 0.2) is 27.8 Å². The zero-order valence-corrected chi connectivity index (χ0v) is 12.0. The fraction of sp³-hybridized carbons (Fsp3) is 0.333. The van der Waals surface area contributed by atoms with Crippen LogP contribution in [0.2, 0.25) is 0 Å². The molecule has 1 saturated heterocycles. The molecule has 1 amide bonds.